The third-order valence-corrected chi connectivity index (χ3v) is 4.55. The maximum atomic E-state index is 8.66. The van der Waals surface area contributed by atoms with Gasteiger partial charge in [-0.2, -0.15) is 0 Å². The van der Waals surface area contributed by atoms with Gasteiger partial charge in [0.25, 0.3) is 0 Å². The minimum Gasteiger partial charge on any atom is -0.396 e. The fraction of sp³-hybridized carbons (Fsp3) is 0.680. The lowest BCUT2D eigenvalue weighted by Gasteiger charge is -1.99. The molecule has 0 spiro atoms. The fourth-order valence-electron chi connectivity index (χ4n) is 2.88. The van der Waals surface area contributed by atoms with Crippen molar-refractivity contribution in [1.29, 1.82) is 0 Å². The van der Waals surface area contributed by atoms with Crippen LogP contribution in [0.5, 0.6) is 0 Å². The highest BCUT2D eigenvalue weighted by Gasteiger charge is 1.90. The van der Waals surface area contributed by atoms with Crippen molar-refractivity contribution in [2.45, 2.75) is 103 Å². The average Bonchev–Trinajstić information content (AvgIpc) is 2.98. The topological polar surface area (TPSA) is 20.2 Å². The minimum absolute atomic E-state index is 0.362. The van der Waals surface area contributed by atoms with Gasteiger partial charge < -0.3 is 5.11 Å². The smallest absolute Gasteiger partial charge is 0.0431 e. The Morgan fingerprint density at radius 1 is 0.615 bits per heavy atom. The first-order chi connectivity index (χ1) is 12.9. The Morgan fingerprint density at radius 2 is 1.08 bits per heavy atom. The highest BCUT2D eigenvalue weighted by Crippen LogP contribution is 2.09. The van der Waals surface area contributed by atoms with Gasteiger partial charge in [0.05, 0.1) is 0 Å². The third kappa shape index (κ3) is 22.9. The molecule has 150 valence electrons. The van der Waals surface area contributed by atoms with Crippen molar-refractivity contribution in [2.24, 2.45) is 0 Å². The van der Waals surface area contributed by atoms with Gasteiger partial charge in [0, 0.05) is 6.61 Å². The summed E-state index contributed by atoms with van der Waals surface area (Å²) in [6.07, 6.45) is 36.7. The van der Waals surface area contributed by atoms with E-state index in [0.717, 1.165) is 12.8 Å². The number of rotatable bonds is 15. The SMILES string of the molecule is C1=CC=CCC=C1.CCCCCCCC/C=C\CCCCCCCCO. The summed E-state index contributed by atoms with van der Waals surface area (Å²) in [5, 5.41) is 8.66. The van der Waals surface area contributed by atoms with E-state index in [1.807, 2.05) is 12.2 Å². The number of hydrogen-bond donors (Lipinski definition) is 1. The summed E-state index contributed by atoms with van der Waals surface area (Å²) in [6, 6.07) is 0. The van der Waals surface area contributed by atoms with E-state index in [2.05, 4.69) is 43.4 Å². The monoisotopic (exact) mass is 360 g/mol. The molecule has 0 heterocycles. The van der Waals surface area contributed by atoms with Crippen LogP contribution in [0.4, 0.5) is 0 Å². The van der Waals surface area contributed by atoms with Gasteiger partial charge >= 0.3 is 0 Å². The highest BCUT2D eigenvalue weighted by atomic mass is 16.2. The molecule has 0 aromatic heterocycles. The van der Waals surface area contributed by atoms with Gasteiger partial charge in [-0.05, 0) is 38.5 Å². The Kier molecular flexibility index (Phi) is 22.9. The number of unbranched alkanes of at least 4 members (excludes halogenated alkanes) is 12. The molecular formula is C25H44O. The summed E-state index contributed by atoms with van der Waals surface area (Å²) in [5.41, 5.74) is 0. The molecule has 1 rings (SSSR count). The Balaban J connectivity index is 0.000000735. The van der Waals surface area contributed by atoms with Crippen LogP contribution in [0.25, 0.3) is 0 Å². The van der Waals surface area contributed by atoms with Crippen LogP contribution < -0.4 is 0 Å². The summed E-state index contributed by atoms with van der Waals surface area (Å²) in [4.78, 5) is 0. The standard InChI is InChI=1S/C18H36O.C7H8/c1-2-3-4-5-6-7-8-9-10-11-12-13-14-15-16-17-18-19;1-2-4-6-7-5-3-1/h9-10,19H,2-8,11-18H2,1H3;1-6H,7H2/b10-9-;. The molecule has 1 aliphatic rings. The number of aliphatic hydroxyl groups excluding tert-OH is 1. The predicted molar refractivity (Wildman–Crippen MR) is 119 cm³/mol. The van der Waals surface area contributed by atoms with Crippen molar-refractivity contribution in [3.8, 4) is 0 Å². The van der Waals surface area contributed by atoms with Gasteiger partial charge in [0.2, 0.25) is 0 Å². The van der Waals surface area contributed by atoms with Crippen molar-refractivity contribution in [3.63, 3.8) is 0 Å². The molecule has 1 heteroatoms. The molecule has 0 radical (unpaired) electrons. The molecule has 0 aromatic carbocycles. The van der Waals surface area contributed by atoms with Gasteiger partial charge in [0.1, 0.15) is 0 Å². The lowest BCUT2D eigenvalue weighted by atomic mass is 10.1. The minimum atomic E-state index is 0.362. The van der Waals surface area contributed by atoms with Crippen molar-refractivity contribution < 1.29 is 5.11 Å². The van der Waals surface area contributed by atoms with E-state index in [4.69, 9.17) is 5.11 Å². The lowest BCUT2D eigenvalue weighted by molar-refractivity contribution is 0.282. The normalized spacial score (nSPS) is 13.0. The van der Waals surface area contributed by atoms with E-state index >= 15 is 0 Å². The fourth-order valence-corrected chi connectivity index (χ4v) is 2.88. The quantitative estimate of drug-likeness (QED) is 0.231. The number of hydrogen-bond acceptors (Lipinski definition) is 1. The van der Waals surface area contributed by atoms with Crippen LogP contribution in [0.15, 0.2) is 48.6 Å². The van der Waals surface area contributed by atoms with Crippen LogP contribution in [0, 0.1) is 0 Å². The molecular weight excluding hydrogens is 316 g/mol. The molecule has 0 fully saturated rings. The van der Waals surface area contributed by atoms with Crippen LogP contribution in [0.3, 0.4) is 0 Å². The second-order valence-corrected chi connectivity index (χ2v) is 7.14. The molecule has 0 saturated carbocycles. The highest BCUT2D eigenvalue weighted by molar-refractivity contribution is 5.16. The molecule has 0 amide bonds. The maximum Gasteiger partial charge on any atom is 0.0431 e. The maximum absolute atomic E-state index is 8.66. The Labute approximate surface area is 164 Å². The van der Waals surface area contributed by atoms with Crippen LogP contribution >= 0.6 is 0 Å². The van der Waals surface area contributed by atoms with E-state index < -0.39 is 0 Å². The Hall–Kier alpha value is -1.08. The second-order valence-electron chi connectivity index (χ2n) is 7.14. The first-order valence-electron chi connectivity index (χ1n) is 11.2. The average molecular weight is 361 g/mol. The van der Waals surface area contributed by atoms with Crippen LogP contribution in [-0.2, 0) is 0 Å². The number of allylic oxidation sites excluding steroid dienone is 8. The van der Waals surface area contributed by atoms with Gasteiger partial charge in [-0.25, -0.2) is 0 Å². The van der Waals surface area contributed by atoms with Crippen LogP contribution in [-0.4, -0.2) is 11.7 Å². The summed E-state index contributed by atoms with van der Waals surface area (Å²) >= 11 is 0. The van der Waals surface area contributed by atoms with Gasteiger partial charge in [0.15, 0.2) is 0 Å². The van der Waals surface area contributed by atoms with Crippen molar-refractivity contribution >= 4 is 0 Å². The first kappa shape index (κ1) is 24.9. The largest absolute Gasteiger partial charge is 0.396 e. The Morgan fingerprint density at radius 3 is 1.58 bits per heavy atom. The van der Waals surface area contributed by atoms with E-state index in [1.54, 1.807) is 0 Å². The van der Waals surface area contributed by atoms with E-state index in [9.17, 15) is 0 Å². The molecule has 0 saturated heterocycles. The summed E-state index contributed by atoms with van der Waals surface area (Å²) < 4.78 is 0. The van der Waals surface area contributed by atoms with E-state index in [0.29, 0.717) is 6.61 Å². The molecule has 26 heavy (non-hydrogen) atoms. The molecule has 0 atom stereocenters. The second kappa shape index (κ2) is 23.9. The lowest BCUT2D eigenvalue weighted by Crippen LogP contribution is -1.83. The number of aliphatic hydroxyl groups is 1. The van der Waals surface area contributed by atoms with Crippen LogP contribution in [0.2, 0.25) is 0 Å². The molecule has 0 aliphatic heterocycles. The Bertz CT molecular complexity index is 348. The molecule has 0 bridgehead atoms. The molecule has 1 N–H and O–H groups in total. The zero-order chi connectivity index (χ0) is 19.0. The summed E-state index contributed by atoms with van der Waals surface area (Å²) in [5.74, 6) is 0. The summed E-state index contributed by atoms with van der Waals surface area (Å²) in [6.45, 7) is 2.64. The van der Waals surface area contributed by atoms with Crippen molar-refractivity contribution in [2.75, 3.05) is 6.61 Å². The molecule has 0 unspecified atom stereocenters. The van der Waals surface area contributed by atoms with Crippen LogP contribution in [0.1, 0.15) is 103 Å². The third-order valence-electron chi connectivity index (χ3n) is 4.55. The molecule has 1 nitrogen and oxygen atoms in total. The summed E-state index contributed by atoms with van der Waals surface area (Å²) in [7, 11) is 0. The predicted octanol–water partition coefficient (Wildman–Crippen LogP) is 8.07. The van der Waals surface area contributed by atoms with E-state index in [-0.39, 0.29) is 0 Å². The van der Waals surface area contributed by atoms with Crippen molar-refractivity contribution in [3.05, 3.63) is 48.6 Å². The zero-order valence-corrected chi connectivity index (χ0v) is 17.4. The molecule has 1 aliphatic carbocycles. The van der Waals surface area contributed by atoms with E-state index in [1.165, 1.54) is 83.5 Å². The van der Waals surface area contributed by atoms with Crippen molar-refractivity contribution in [1.82, 2.24) is 0 Å². The first-order valence-corrected chi connectivity index (χ1v) is 11.2. The van der Waals surface area contributed by atoms with Gasteiger partial charge in [-0.3, -0.25) is 0 Å². The van der Waals surface area contributed by atoms with Gasteiger partial charge in [-0.1, -0.05) is 113 Å². The molecule has 0 aromatic rings. The zero-order valence-electron chi connectivity index (χ0n) is 17.4. The van der Waals surface area contributed by atoms with Gasteiger partial charge in [-0.15, -0.1) is 0 Å².